The third-order valence-electron chi connectivity index (χ3n) is 5.46. The molecular weight excluding hydrogens is 460 g/mol. The molecule has 1 aromatic carbocycles. The first-order valence-electron chi connectivity index (χ1n) is 10.4. The van der Waals surface area contributed by atoms with Crippen LogP contribution in [0.15, 0.2) is 29.3 Å². The Morgan fingerprint density at radius 3 is 2.62 bits per heavy atom. The van der Waals surface area contributed by atoms with Crippen molar-refractivity contribution in [2.45, 2.75) is 39.2 Å². The number of fused-ring (bicyclic) bond motifs is 3. The van der Waals surface area contributed by atoms with E-state index in [1.807, 2.05) is 11.5 Å². The van der Waals surface area contributed by atoms with Crippen molar-refractivity contribution in [3.8, 4) is 17.1 Å². The van der Waals surface area contributed by atoms with Crippen LogP contribution in [0.1, 0.15) is 51.2 Å². The number of hydrogen-bond donors (Lipinski definition) is 1. The molecule has 2 aromatic heterocycles. The number of halogens is 2. The topological polar surface area (TPSA) is 120 Å². The van der Waals surface area contributed by atoms with E-state index < -0.39 is 24.9 Å². The molecule has 0 fully saturated rings. The lowest BCUT2D eigenvalue weighted by Gasteiger charge is -2.13. The molecule has 3 heterocycles. The number of nitriles is 2. The number of nitrogens with zero attached hydrogens (tertiary/aromatic N) is 6. The molecule has 1 N–H and O–H groups in total. The first kappa shape index (κ1) is 23.2. The smallest absolute Gasteiger partial charge is 0.255 e. The predicted molar refractivity (Wildman–Crippen MR) is 121 cm³/mol. The van der Waals surface area contributed by atoms with E-state index in [0.717, 1.165) is 26.6 Å². The highest BCUT2D eigenvalue weighted by Gasteiger charge is 2.33. The van der Waals surface area contributed by atoms with Crippen LogP contribution in [0.25, 0.3) is 5.00 Å². The Labute approximate surface area is 198 Å². The van der Waals surface area contributed by atoms with Crippen molar-refractivity contribution in [3.05, 3.63) is 63.0 Å². The summed E-state index contributed by atoms with van der Waals surface area (Å²) in [4.78, 5) is 18.2. The summed E-state index contributed by atoms with van der Waals surface area (Å²) in [5, 5.41) is 29.9. The Hall–Kier alpha value is -3.96. The zero-order valence-corrected chi connectivity index (χ0v) is 19.2. The van der Waals surface area contributed by atoms with Gasteiger partial charge in [-0.15, -0.1) is 21.5 Å². The first-order chi connectivity index (χ1) is 16.3. The van der Waals surface area contributed by atoms with Crippen molar-refractivity contribution in [1.82, 2.24) is 20.1 Å². The molecule has 0 saturated carbocycles. The van der Waals surface area contributed by atoms with Crippen LogP contribution in [0.5, 0.6) is 0 Å². The number of alkyl halides is 2. The second kappa shape index (κ2) is 9.49. The number of benzene rings is 1. The van der Waals surface area contributed by atoms with Crippen LogP contribution in [-0.4, -0.2) is 39.4 Å². The summed E-state index contributed by atoms with van der Waals surface area (Å²) in [6, 6.07) is 10.4. The molecule has 172 valence electrons. The number of thiophene rings is 1. The fraction of sp³-hybridized carbons (Fsp3) is 0.304. The van der Waals surface area contributed by atoms with Crippen molar-refractivity contribution in [2.75, 3.05) is 6.54 Å². The van der Waals surface area contributed by atoms with Gasteiger partial charge in [-0.25, -0.2) is 8.78 Å². The summed E-state index contributed by atoms with van der Waals surface area (Å²) < 4.78 is 27.0. The number of amides is 1. The number of aliphatic imine (C=N–C) groups is 1. The number of carbonyl (C=O) groups is 1. The number of hydrogen-bond acceptors (Lipinski definition) is 7. The lowest BCUT2D eigenvalue weighted by atomic mass is 9.98. The van der Waals surface area contributed by atoms with E-state index in [0.29, 0.717) is 22.9 Å². The maximum absolute atomic E-state index is 12.6. The average molecular weight is 480 g/mol. The minimum Gasteiger partial charge on any atom is -0.350 e. The van der Waals surface area contributed by atoms with Crippen molar-refractivity contribution in [2.24, 2.45) is 4.99 Å². The number of nitrogens with one attached hydrogen (secondary N) is 1. The van der Waals surface area contributed by atoms with Gasteiger partial charge in [0.25, 0.3) is 6.43 Å². The second-order valence-electron chi connectivity index (χ2n) is 7.69. The summed E-state index contributed by atoms with van der Waals surface area (Å²) in [6.45, 7) is 2.95. The summed E-state index contributed by atoms with van der Waals surface area (Å²) in [5.74, 6) is 0.419. The average Bonchev–Trinajstić information content (AvgIpc) is 3.31. The molecular formula is C23H19F2N7OS. The van der Waals surface area contributed by atoms with Crippen LogP contribution in [0.3, 0.4) is 0 Å². The minimum atomic E-state index is -2.66. The van der Waals surface area contributed by atoms with Gasteiger partial charge in [-0.1, -0.05) is 12.1 Å². The lowest BCUT2D eigenvalue weighted by Crippen LogP contribution is -2.29. The Balaban J connectivity index is 1.90. The van der Waals surface area contributed by atoms with Crippen molar-refractivity contribution < 1.29 is 13.6 Å². The van der Waals surface area contributed by atoms with Crippen molar-refractivity contribution >= 4 is 23.0 Å². The summed E-state index contributed by atoms with van der Waals surface area (Å²) >= 11 is 1.43. The summed E-state index contributed by atoms with van der Waals surface area (Å²) in [5.41, 5.74) is 3.46. The quantitative estimate of drug-likeness (QED) is 0.580. The summed E-state index contributed by atoms with van der Waals surface area (Å²) in [7, 11) is 0. The zero-order valence-electron chi connectivity index (χ0n) is 18.3. The molecule has 1 atom stereocenters. The number of rotatable bonds is 6. The molecule has 8 nitrogen and oxygen atoms in total. The highest BCUT2D eigenvalue weighted by molar-refractivity contribution is 7.15. The largest absolute Gasteiger partial charge is 0.350 e. The Morgan fingerprint density at radius 2 is 1.97 bits per heavy atom. The van der Waals surface area contributed by atoms with E-state index in [9.17, 15) is 24.1 Å². The van der Waals surface area contributed by atoms with Gasteiger partial charge in [0.2, 0.25) is 5.91 Å². The van der Waals surface area contributed by atoms with Gasteiger partial charge in [-0.05, 0) is 31.5 Å². The van der Waals surface area contributed by atoms with Gasteiger partial charge in [0.15, 0.2) is 5.82 Å². The minimum absolute atomic E-state index is 0.191. The maximum atomic E-state index is 12.6. The van der Waals surface area contributed by atoms with Gasteiger partial charge < -0.3 is 5.32 Å². The van der Waals surface area contributed by atoms with E-state index in [2.05, 4.69) is 27.7 Å². The molecule has 3 aromatic rings. The third kappa shape index (κ3) is 4.30. The molecule has 11 heteroatoms. The number of aryl methyl sites for hydroxylation is 1. The van der Waals surface area contributed by atoms with Gasteiger partial charge in [0, 0.05) is 16.0 Å². The van der Waals surface area contributed by atoms with Crippen LogP contribution in [0.4, 0.5) is 8.78 Å². The van der Waals surface area contributed by atoms with Crippen LogP contribution in [-0.2, 0) is 11.2 Å². The molecule has 0 radical (unpaired) electrons. The fourth-order valence-electron chi connectivity index (χ4n) is 3.84. The zero-order chi connectivity index (χ0) is 24.4. The molecule has 34 heavy (non-hydrogen) atoms. The van der Waals surface area contributed by atoms with Crippen LogP contribution in [0, 0.1) is 36.5 Å². The second-order valence-corrected chi connectivity index (χ2v) is 8.77. The highest BCUT2D eigenvalue weighted by atomic mass is 32.1. The standard InChI is InChI=1S/C23H19F2N7OS/c1-12-17(7-8-26)34-23-20(12)21(15-5-3-14(10-27)4-6-15)29-16(9-19(33)28-11-18(24)25)22-31-30-13(2)32(22)23/h3-6,16,18H,7,9,11H2,1-2H3,(H,28,33)/t16-/m0/s1. The van der Waals surface area contributed by atoms with Crippen LogP contribution < -0.4 is 5.32 Å². The third-order valence-corrected chi connectivity index (χ3v) is 6.74. The Morgan fingerprint density at radius 1 is 1.24 bits per heavy atom. The van der Waals surface area contributed by atoms with E-state index in [1.54, 1.807) is 31.2 Å². The van der Waals surface area contributed by atoms with Crippen molar-refractivity contribution in [3.63, 3.8) is 0 Å². The number of aromatic nitrogens is 3. The maximum Gasteiger partial charge on any atom is 0.255 e. The van der Waals surface area contributed by atoms with Crippen LogP contribution in [0.2, 0.25) is 0 Å². The molecule has 1 aliphatic heterocycles. The molecule has 1 amide bonds. The fourth-order valence-corrected chi connectivity index (χ4v) is 5.14. The van der Waals surface area contributed by atoms with Crippen molar-refractivity contribution in [1.29, 1.82) is 10.5 Å². The molecule has 0 aliphatic carbocycles. The lowest BCUT2D eigenvalue weighted by molar-refractivity contribution is -0.122. The summed E-state index contributed by atoms with van der Waals surface area (Å²) in [6.07, 6.45) is -2.63. The van der Waals surface area contributed by atoms with E-state index in [4.69, 9.17) is 4.99 Å². The van der Waals surface area contributed by atoms with Gasteiger partial charge in [-0.2, -0.15) is 10.5 Å². The molecule has 0 unspecified atom stereocenters. The molecule has 0 saturated heterocycles. The van der Waals surface area contributed by atoms with E-state index in [-0.39, 0.29) is 12.8 Å². The Kier molecular flexibility index (Phi) is 6.48. The molecule has 0 bridgehead atoms. The van der Waals surface area contributed by atoms with E-state index >= 15 is 0 Å². The predicted octanol–water partition coefficient (Wildman–Crippen LogP) is 3.55. The van der Waals surface area contributed by atoms with Crippen LogP contribution >= 0.6 is 11.3 Å². The van der Waals surface area contributed by atoms with E-state index in [1.165, 1.54) is 11.3 Å². The highest BCUT2D eigenvalue weighted by Crippen LogP contribution is 2.40. The number of carbonyl (C=O) groups excluding carboxylic acids is 1. The van der Waals surface area contributed by atoms with Gasteiger partial charge in [-0.3, -0.25) is 14.4 Å². The van der Waals surface area contributed by atoms with Gasteiger partial charge >= 0.3 is 0 Å². The molecule has 1 aliphatic rings. The molecule has 4 rings (SSSR count). The Bertz CT molecular complexity index is 1360. The van der Waals surface area contributed by atoms with Gasteiger partial charge in [0.1, 0.15) is 16.9 Å². The normalized spacial score (nSPS) is 14.4. The van der Waals surface area contributed by atoms with Gasteiger partial charge in [0.05, 0.1) is 42.8 Å². The molecule has 0 spiro atoms. The first-order valence-corrected chi connectivity index (χ1v) is 11.2. The SMILES string of the molecule is Cc1c(CC#N)sc2c1C(c1ccc(C#N)cc1)=N[C@@H](CC(=O)NCC(F)F)c1nnc(C)n1-2. The monoisotopic (exact) mass is 479 g/mol.